The second-order valence-corrected chi connectivity index (χ2v) is 4.68. The second-order valence-electron chi connectivity index (χ2n) is 4.28. The topological polar surface area (TPSA) is 61.9 Å². The molecule has 0 unspecified atom stereocenters. The number of hydrogen-bond donors (Lipinski definition) is 0. The fourth-order valence-corrected chi connectivity index (χ4v) is 2.48. The maximum atomic E-state index is 11.7. The van der Waals surface area contributed by atoms with E-state index in [-0.39, 0.29) is 0 Å². The molecule has 0 spiro atoms. The SMILES string of the molecule is CCOC(=O)c1cc2n(n1)CCCn1ncc(Cl)c1-2. The van der Waals surface area contributed by atoms with Crippen LogP contribution in [0.2, 0.25) is 5.02 Å². The third-order valence-corrected chi connectivity index (χ3v) is 3.32. The maximum Gasteiger partial charge on any atom is 0.358 e. The van der Waals surface area contributed by atoms with Gasteiger partial charge in [-0.3, -0.25) is 9.36 Å². The summed E-state index contributed by atoms with van der Waals surface area (Å²) in [4.78, 5) is 11.7. The Bertz CT molecular complexity index is 632. The number of carbonyl (C=O) groups is 1. The zero-order valence-electron chi connectivity index (χ0n) is 10.5. The molecule has 0 fully saturated rings. The average molecular weight is 281 g/mol. The molecule has 0 bridgehead atoms. The number of aryl methyl sites for hydroxylation is 2. The van der Waals surface area contributed by atoms with Crippen LogP contribution in [0.25, 0.3) is 11.4 Å². The first-order valence-electron chi connectivity index (χ1n) is 6.17. The lowest BCUT2D eigenvalue weighted by Crippen LogP contribution is -2.07. The van der Waals surface area contributed by atoms with Crippen molar-refractivity contribution < 1.29 is 9.53 Å². The normalized spacial score (nSPS) is 13.6. The number of nitrogens with zero attached hydrogens (tertiary/aromatic N) is 4. The summed E-state index contributed by atoms with van der Waals surface area (Å²) in [6.07, 6.45) is 2.51. The van der Waals surface area contributed by atoms with E-state index in [4.69, 9.17) is 16.3 Å². The lowest BCUT2D eigenvalue weighted by molar-refractivity contribution is 0.0518. The molecular weight excluding hydrogens is 268 g/mol. The number of aromatic nitrogens is 4. The molecule has 19 heavy (non-hydrogen) atoms. The van der Waals surface area contributed by atoms with Crippen LogP contribution in [0.4, 0.5) is 0 Å². The van der Waals surface area contributed by atoms with Crippen molar-refractivity contribution >= 4 is 17.6 Å². The highest BCUT2D eigenvalue weighted by Crippen LogP contribution is 2.30. The third-order valence-electron chi connectivity index (χ3n) is 3.04. The molecule has 2 aromatic rings. The molecule has 0 N–H and O–H groups in total. The van der Waals surface area contributed by atoms with E-state index in [1.165, 1.54) is 0 Å². The predicted molar refractivity (Wildman–Crippen MR) is 69.0 cm³/mol. The van der Waals surface area contributed by atoms with Crippen molar-refractivity contribution in [2.24, 2.45) is 0 Å². The monoisotopic (exact) mass is 280 g/mol. The summed E-state index contributed by atoms with van der Waals surface area (Å²) in [6.45, 7) is 3.62. The van der Waals surface area contributed by atoms with Gasteiger partial charge in [-0.2, -0.15) is 10.2 Å². The van der Waals surface area contributed by atoms with Gasteiger partial charge < -0.3 is 4.74 Å². The number of ether oxygens (including phenoxy) is 1. The summed E-state index contributed by atoms with van der Waals surface area (Å²) in [5.74, 6) is -0.412. The molecule has 3 heterocycles. The molecule has 3 rings (SSSR count). The Kier molecular flexibility index (Phi) is 3.02. The third kappa shape index (κ3) is 2.02. The Hall–Kier alpha value is -1.82. The standard InChI is InChI=1S/C12H13ClN4O2/c1-2-19-12(18)9-6-10-11-8(13)7-14-17(11)5-3-4-16(10)15-9/h6-7H,2-5H2,1H3. The number of fused-ring (bicyclic) bond motifs is 3. The molecule has 1 aliphatic heterocycles. The molecule has 0 aromatic carbocycles. The van der Waals surface area contributed by atoms with Gasteiger partial charge in [-0.15, -0.1) is 0 Å². The first-order valence-corrected chi connectivity index (χ1v) is 6.55. The maximum absolute atomic E-state index is 11.7. The van der Waals surface area contributed by atoms with E-state index < -0.39 is 5.97 Å². The number of carbonyl (C=O) groups excluding carboxylic acids is 1. The lowest BCUT2D eigenvalue weighted by atomic mass is 10.3. The van der Waals surface area contributed by atoms with Crippen LogP contribution in [0.1, 0.15) is 23.8 Å². The van der Waals surface area contributed by atoms with Crippen molar-refractivity contribution in [3.05, 3.63) is 23.0 Å². The minimum atomic E-state index is -0.412. The first-order chi connectivity index (χ1) is 9.20. The second kappa shape index (κ2) is 4.70. The van der Waals surface area contributed by atoms with Crippen LogP contribution < -0.4 is 0 Å². The molecule has 7 heteroatoms. The van der Waals surface area contributed by atoms with Gasteiger partial charge in [-0.05, 0) is 13.3 Å². The van der Waals surface area contributed by atoms with Crippen LogP contribution >= 0.6 is 11.6 Å². The van der Waals surface area contributed by atoms with Gasteiger partial charge in [0.1, 0.15) is 5.69 Å². The average Bonchev–Trinajstić information content (AvgIpc) is 2.90. The minimum absolute atomic E-state index is 0.308. The summed E-state index contributed by atoms with van der Waals surface area (Å²) in [7, 11) is 0. The van der Waals surface area contributed by atoms with Crippen molar-refractivity contribution in [3.63, 3.8) is 0 Å². The van der Waals surface area contributed by atoms with Crippen LogP contribution in [-0.2, 0) is 17.8 Å². The minimum Gasteiger partial charge on any atom is -0.461 e. The summed E-state index contributed by atoms with van der Waals surface area (Å²) in [5, 5.41) is 9.09. The highest BCUT2D eigenvalue weighted by atomic mass is 35.5. The van der Waals surface area contributed by atoms with Gasteiger partial charge in [0.05, 0.1) is 23.5 Å². The molecule has 0 saturated carbocycles. The molecule has 0 atom stereocenters. The van der Waals surface area contributed by atoms with Crippen LogP contribution in [0.3, 0.4) is 0 Å². The van der Waals surface area contributed by atoms with Crippen molar-refractivity contribution in [2.75, 3.05) is 6.61 Å². The molecule has 0 radical (unpaired) electrons. The van der Waals surface area contributed by atoms with Crippen molar-refractivity contribution in [1.29, 1.82) is 0 Å². The van der Waals surface area contributed by atoms with Gasteiger partial charge in [0.25, 0.3) is 0 Å². The van der Waals surface area contributed by atoms with E-state index in [1.807, 2.05) is 4.68 Å². The predicted octanol–water partition coefficient (Wildman–Crippen LogP) is 1.98. The van der Waals surface area contributed by atoms with E-state index in [9.17, 15) is 4.79 Å². The fraction of sp³-hybridized carbons (Fsp3) is 0.417. The van der Waals surface area contributed by atoms with E-state index in [0.29, 0.717) is 17.3 Å². The van der Waals surface area contributed by atoms with E-state index in [2.05, 4.69) is 10.2 Å². The van der Waals surface area contributed by atoms with Gasteiger partial charge in [0.2, 0.25) is 0 Å². The summed E-state index contributed by atoms with van der Waals surface area (Å²) in [6, 6.07) is 1.71. The van der Waals surface area contributed by atoms with Gasteiger partial charge in [-0.1, -0.05) is 11.6 Å². The molecule has 0 aliphatic carbocycles. The number of halogens is 1. The molecule has 0 saturated heterocycles. The van der Waals surface area contributed by atoms with E-state index >= 15 is 0 Å². The molecule has 1 aliphatic rings. The molecule has 0 amide bonds. The Morgan fingerprint density at radius 3 is 3.05 bits per heavy atom. The summed E-state index contributed by atoms with van der Waals surface area (Å²) >= 11 is 6.17. The molecule has 100 valence electrons. The van der Waals surface area contributed by atoms with Crippen molar-refractivity contribution in [1.82, 2.24) is 19.6 Å². The van der Waals surface area contributed by atoms with Gasteiger partial charge in [-0.25, -0.2) is 4.79 Å². The molecular formula is C12H13ClN4O2. The molecule has 2 aromatic heterocycles. The highest BCUT2D eigenvalue weighted by Gasteiger charge is 2.23. The summed E-state index contributed by atoms with van der Waals surface area (Å²) < 4.78 is 8.60. The zero-order chi connectivity index (χ0) is 13.4. The highest BCUT2D eigenvalue weighted by molar-refractivity contribution is 6.33. The number of hydrogen-bond acceptors (Lipinski definition) is 4. The Morgan fingerprint density at radius 1 is 1.47 bits per heavy atom. The molecule has 6 nitrogen and oxygen atoms in total. The zero-order valence-corrected chi connectivity index (χ0v) is 11.2. The fourth-order valence-electron chi connectivity index (χ4n) is 2.24. The van der Waals surface area contributed by atoms with E-state index in [0.717, 1.165) is 30.9 Å². The van der Waals surface area contributed by atoms with Gasteiger partial charge in [0, 0.05) is 19.2 Å². The van der Waals surface area contributed by atoms with Gasteiger partial charge >= 0.3 is 5.97 Å². The van der Waals surface area contributed by atoms with Gasteiger partial charge in [0.15, 0.2) is 5.69 Å². The van der Waals surface area contributed by atoms with Crippen molar-refractivity contribution in [3.8, 4) is 11.4 Å². The Balaban J connectivity index is 2.08. The number of esters is 1. The first kappa shape index (κ1) is 12.2. The van der Waals surface area contributed by atoms with Crippen LogP contribution in [0.15, 0.2) is 12.3 Å². The van der Waals surface area contributed by atoms with Crippen LogP contribution in [0, 0.1) is 0 Å². The Labute approximate surface area is 114 Å². The Morgan fingerprint density at radius 2 is 2.26 bits per heavy atom. The lowest BCUT2D eigenvalue weighted by Gasteiger charge is -2.02. The van der Waals surface area contributed by atoms with E-state index in [1.54, 1.807) is 23.9 Å². The quantitative estimate of drug-likeness (QED) is 0.789. The number of rotatable bonds is 2. The summed E-state index contributed by atoms with van der Waals surface area (Å²) in [5.41, 5.74) is 1.92. The van der Waals surface area contributed by atoms with Crippen molar-refractivity contribution in [2.45, 2.75) is 26.4 Å². The van der Waals surface area contributed by atoms with Crippen LogP contribution in [0.5, 0.6) is 0 Å². The largest absolute Gasteiger partial charge is 0.461 e. The smallest absolute Gasteiger partial charge is 0.358 e. The van der Waals surface area contributed by atoms with Crippen LogP contribution in [-0.4, -0.2) is 32.1 Å².